The van der Waals surface area contributed by atoms with Gasteiger partial charge in [0.15, 0.2) is 5.76 Å². The fourth-order valence-electron chi connectivity index (χ4n) is 3.10. The number of rotatable bonds is 1. The van der Waals surface area contributed by atoms with Gasteiger partial charge in [-0.05, 0) is 52.2 Å². The average molecular weight is 328 g/mol. The van der Waals surface area contributed by atoms with Crippen LogP contribution in [0.5, 0.6) is 0 Å². The Kier molecular flexibility index (Phi) is 4.35. The number of para-hydroxylation sites is 1. The lowest BCUT2D eigenvalue weighted by Gasteiger charge is -2.38. The van der Waals surface area contributed by atoms with Crippen molar-refractivity contribution in [2.45, 2.75) is 45.6 Å². The summed E-state index contributed by atoms with van der Waals surface area (Å²) >= 11 is 0. The summed E-state index contributed by atoms with van der Waals surface area (Å²) in [7, 11) is 0. The smallest absolute Gasteiger partial charge is 0.327 e. The molecule has 1 aliphatic heterocycles. The monoisotopic (exact) mass is 328 g/mol. The van der Waals surface area contributed by atoms with Crippen LogP contribution < -0.4 is 0 Å². The molecule has 3 rings (SSSR count). The fraction of sp³-hybridized carbons (Fsp3) is 0.474. The van der Waals surface area contributed by atoms with Crippen LogP contribution in [0.2, 0.25) is 0 Å². The van der Waals surface area contributed by atoms with Gasteiger partial charge < -0.3 is 9.32 Å². The number of imide groups is 1. The zero-order chi connectivity index (χ0) is 17.3. The largest absolute Gasteiger partial charge is 0.451 e. The molecular weight excluding hydrogens is 304 g/mol. The lowest BCUT2D eigenvalue weighted by molar-refractivity contribution is 0.0564. The number of piperidine rings is 1. The molecule has 0 aliphatic carbocycles. The van der Waals surface area contributed by atoms with Crippen molar-refractivity contribution in [1.82, 2.24) is 9.80 Å². The molecule has 1 aromatic heterocycles. The first-order valence-corrected chi connectivity index (χ1v) is 8.50. The number of amides is 3. The summed E-state index contributed by atoms with van der Waals surface area (Å²) < 4.78 is 5.68. The highest BCUT2D eigenvalue weighted by molar-refractivity contribution is 6.05. The molecule has 0 atom stereocenters. The Morgan fingerprint density at radius 1 is 1.08 bits per heavy atom. The molecule has 2 heterocycles. The average Bonchev–Trinajstić information content (AvgIpc) is 2.98. The summed E-state index contributed by atoms with van der Waals surface area (Å²) in [6.45, 7) is 7.03. The lowest BCUT2D eigenvalue weighted by Crippen LogP contribution is -2.55. The molecule has 128 valence electrons. The number of fused-ring (bicyclic) bond motifs is 1. The Morgan fingerprint density at radius 3 is 2.38 bits per heavy atom. The summed E-state index contributed by atoms with van der Waals surface area (Å²) in [5.41, 5.74) is 0.0325. The van der Waals surface area contributed by atoms with Gasteiger partial charge >= 0.3 is 6.03 Å². The minimum Gasteiger partial charge on any atom is -0.451 e. The Balaban J connectivity index is 1.93. The molecule has 24 heavy (non-hydrogen) atoms. The highest BCUT2D eigenvalue weighted by atomic mass is 16.3. The van der Waals surface area contributed by atoms with Gasteiger partial charge in [-0.15, -0.1) is 0 Å². The van der Waals surface area contributed by atoms with Gasteiger partial charge in [0.25, 0.3) is 5.91 Å². The van der Waals surface area contributed by atoms with Crippen LogP contribution in [0, 0.1) is 0 Å². The van der Waals surface area contributed by atoms with Crippen LogP contribution in [0.4, 0.5) is 4.79 Å². The van der Waals surface area contributed by atoms with E-state index in [0.29, 0.717) is 18.7 Å². The van der Waals surface area contributed by atoms with E-state index in [-0.39, 0.29) is 17.7 Å². The first kappa shape index (κ1) is 16.6. The van der Waals surface area contributed by atoms with Crippen molar-refractivity contribution in [2.24, 2.45) is 0 Å². The van der Waals surface area contributed by atoms with Crippen LogP contribution in [-0.2, 0) is 0 Å². The zero-order valence-electron chi connectivity index (χ0n) is 14.5. The molecule has 0 N–H and O–H groups in total. The topological polar surface area (TPSA) is 53.8 Å². The van der Waals surface area contributed by atoms with E-state index < -0.39 is 5.54 Å². The lowest BCUT2D eigenvalue weighted by atomic mass is 10.1. The second kappa shape index (κ2) is 6.30. The summed E-state index contributed by atoms with van der Waals surface area (Å²) in [5, 5.41) is 0.861. The maximum atomic E-state index is 13.0. The normalized spacial score (nSPS) is 15.5. The van der Waals surface area contributed by atoms with E-state index in [4.69, 9.17) is 4.42 Å². The highest BCUT2D eigenvalue weighted by Crippen LogP contribution is 2.25. The fourth-order valence-corrected chi connectivity index (χ4v) is 3.10. The number of benzene rings is 1. The van der Waals surface area contributed by atoms with E-state index in [1.54, 1.807) is 11.0 Å². The molecule has 1 fully saturated rings. The van der Waals surface area contributed by atoms with Crippen molar-refractivity contribution in [3.05, 3.63) is 36.1 Å². The first-order valence-electron chi connectivity index (χ1n) is 8.50. The zero-order valence-corrected chi connectivity index (χ0v) is 14.5. The van der Waals surface area contributed by atoms with Gasteiger partial charge in [0.2, 0.25) is 0 Å². The van der Waals surface area contributed by atoms with Crippen molar-refractivity contribution in [1.29, 1.82) is 0 Å². The molecule has 2 aromatic rings. The maximum absolute atomic E-state index is 13.0. The third kappa shape index (κ3) is 3.16. The standard InChI is InChI=1S/C19H24N2O3/c1-19(2,3)21(18(23)20-11-7-4-8-12-20)17(22)16-13-14-9-5-6-10-15(14)24-16/h5-6,9-10,13H,4,7-8,11-12H2,1-3H3. The third-order valence-electron chi connectivity index (χ3n) is 4.33. The number of hydrogen-bond acceptors (Lipinski definition) is 3. The van der Waals surface area contributed by atoms with Crippen molar-refractivity contribution in [2.75, 3.05) is 13.1 Å². The number of carbonyl (C=O) groups is 2. The van der Waals surface area contributed by atoms with E-state index in [2.05, 4.69) is 0 Å². The van der Waals surface area contributed by atoms with Crippen LogP contribution in [0.1, 0.15) is 50.6 Å². The van der Waals surface area contributed by atoms with Gasteiger partial charge in [-0.2, -0.15) is 0 Å². The molecular formula is C19H24N2O3. The number of carbonyl (C=O) groups excluding carboxylic acids is 2. The van der Waals surface area contributed by atoms with Crippen LogP contribution in [0.15, 0.2) is 34.7 Å². The number of furan rings is 1. The van der Waals surface area contributed by atoms with Crippen molar-refractivity contribution in [3.63, 3.8) is 0 Å². The second-order valence-corrected chi connectivity index (χ2v) is 7.29. The summed E-state index contributed by atoms with van der Waals surface area (Å²) in [5.74, 6) is -0.175. The molecule has 3 amide bonds. The molecule has 0 unspecified atom stereocenters. The van der Waals surface area contributed by atoms with Gasteiger partial charge in [-0.25, -0.2) is 4.79 Å². The molecule has 1 saturated heterocycles. The van der Waals surface area contributed by atoms with Crippen LogP contribution in [-0.4, -0.2) is 40.4 Å². The summed E-state index contributed by atoms with van der Waals surface area (Å²) in [4.78, 5) is 29.1. The number of hydrogen-bond donors (Lipinski definition) is 0. The first-order chi connectivity index (χ1) is 11.4. The van der Waals surface area contributed by atoms with Gasteiger partial charge in [0.1, 0.15) is 5.58 Å². The molecule has 0 bridgehead atoms. The molecule has 5 heteroatoms. The Bertz CT molecular complexity index is 718. The van der Waals surface area contributed by atoms with Crippen LogP contribution in [0.25, 0.3) is 11.0 Å². The van der Waals surface area contributed by atoms with Crippen molar-refractivity contribution < 1.29 is 14.0 Å². The predicted octanol–water partition coefficient (Wildman–Crippen LogP) is 4.28. The van der Waals surface area contributed by atoms with E-state index in [9.17, 15) is 9.59 Å². The number of urea groups is 1. The van der Waals surface area contributed by atoms with Gasteiger partial charge in [-0.1, -0.05) is 18.2 Å². The molecule has 1 aromatic carbocycles. The summed E-state index contributed by atoms with van der Waals surface area (Å²) in [6, 6.07) is 8.95. The quantitative estimate of drug-likeness (QED) is 0.785. The van der Waals surface area contributed by atoms with Crippen LogP contribution >= 0.6 is 0 Å². The van der Waals surface area contributed by atoms with Gasteiger partial charge in [-0.3, -0.25) is 9.69 Å². The maximum Gasteiger partial charge on any atom is 0.327 e. The van der Waals surface area contributed by atoms with E-state index in [1.807, 2.05) is 45.0 Å². The number of likely N-dealkylation sites (tertiary alicyclic amines) is 1. The Morgan fingerprint density at radius 2 is 1.75 bits per heavy atom. The van der Waals surface area contributed by atoms with E-state index >= 15 is 0 Å². The van der Waals surface area contributed by atoms with Crippen LogP contribution in [0.3, 0.4) is 0 Å². The van der Waals surface area contributed by atoms with E-state index in [1.165, 1.54) is 4.90 Å². The summed E-state index contributed by atoms with van der Waals surface area (Å²) in [6.07, 6.45) is 3.11. The molecule has 1 aliphatic rings. The Labute approximate surface area is 142 Å². The SMILES string of the molecule is CC(C)(C)N(C(=O)c1cc2ccccc2o1)C(=O)N1CCCCC1. The molecule has 0 spiro atoms. The van der Waals surface area contributed by atoms with Gasteiger partial charge in [0.05, 0.1) is 0 Å². The van der Waals surface area contributed by atoms with E-state index in [0.717, 1.165) is 24.6 Å². The predicted molar refractivity (Wildman–Crippen MR) is 93.0 cm³/mol. The van der Waals surface area contributed by atoms with Crippen molar-refractivity contribution >= 4 is 22.9 Å². The second-order valence-electron chi connectivity index (χ2n) is 7.29. The minimum atomic E-state index is -0.620. The molecule has 0 saturated carbocycles. The van der Waals surface area contributed by atoms with Gasteiger partial charge in [0, 0.05) is 24.0 Å². The molecule has 5 nitrogen and oxygen atoms in total. The number of nitrogens with zero attached hydrogens (tertiary/aromatic N) is 2. The van der Waals surface area contributed by atoms with Crippen molar-refractivity contribution in [3.8, 4) is 0 Å². The Hall–Kier alpha value is -2.30. The molecule has 0 radical (unpaired) electrons. The third-order valence-corrected chi connectivity index (χ3v) is 4.33. The highest BCUT2D eigenvalue weighted by Gasteiger charge is 2.37. The minimum absolute atomic E-state index is 0.205.